The number of likely N-dealkylation sites (N-methyl/N-ethyl adjacent to an activating group) is 1. The lowest BCUT2D eigenvalue weighted by atomic mass is 10.2. The first-order valence-corrected chi connectivity index (χ1v) is 4.34. The summed E-state index contributed by atoms with van der Waals surface area (Å²) in [5, 5.41) is 2.16. The predicted octanol–water partition coefficient (Wildman–Crippen LogP) is 0.493. The van der Waals surface area contributed by atoms with Crippen molar-refractivity contribution in [2.24, 2.45) is 0 Å². The van der Waals surface area contributed by atoms with Crippen LogP contribution in [0.5, 0.6) is 0 Å². The SMILES string of the molecule is CC(C)N1CCN(C)NC1C. The molecule has 1 heterocycles. The third-order valence-electron chi connectivity index (χ3n) is 2.26. The van der Waals surface area contributed by atoms with Crippen LogP contribution < -0.4 is 5.43 Å². The van der Waals surface area contributed by atoms with E-state index in [1.54, 1.807) is 0 Å². The molecule has 0 saturated carbocycles. The van der Waals surface area contributed by atoms with Crippen LogP contribution in [0.4, 0.5) is 0 Å². The van der Waals surface area contributed by atoms with E-state index in [1.807, 2.05) is 0 Å². The Bertz CT molecular complexity index is 125. The molecule has 0 aromatic rings. The molecular formula is C8H19N3. The molecule has 0 aliphatic carbocycles. The molecule has 1 rings (SSSR count). The highest BCUT2D eigenvalue weighted by atomic mass is 15.6. The van der Waals surface area contributed by atoms with E-state index in [0.717, 1.165) is 6.54 Å². The van der Waals surface area contributed by atoms with Gasteiger partial charge in [0.2, 0.25) is 0 Å². The number of hydrogen-bond donors (Lipinski definition) is 1. The van der Waals surface area contributed by atoms with Gasteiger partial charge < -0.3 is 0 Å². The van der Waals surface area contributed by atoms with Crippen LogP contribution in [-0.4, -0.2) is 42.3 Å². The number of hydrogen-bond acceptors (Lipinski definition) is 3. The minimum Gasteiger partial charge on any atom is -0.283 e. The lowest BCUT2D eigenvalue weighted by Gasteiger charge is -2.41. The van der Waals surface area contributed by atoms with Crippen molar-refractivity contribution < 1.29 is 0 Å². The van der Waals surface area contributed by atoms with E-state index in [0.29, 0.717) is 12.2 Å². The molecule has 0 aromatic heterocycles. The minimum absolute atomic E-state index is 0.480. The highest BCUT2D eigenvalue weighted by Gasteiger charge is 2.22. The van der Waals surface area contributed by atoms with Crippen molar-refractivity contribution in [2.45, 2.75) is 33.0 Å². The summed E-state index contributed by atoms with van der Waals surface area (Å²) in [6.45, 7) is 8.97. The second-order valence-electron chi connectivity index (χ2n) is 3.56. The Morgan fingerprint density at radius 2 is 2.00 bits per heavy atom. The Morgan fingerprint density at radius 3 is 2.45 bits per heavy atom. The zero-order valence-corrected chi connectivity index (χ0v) is 7.96. The molecule has 0 amide bonds. The molecule has 0 bridgehead atoms. The molecular weight excluding hydrogens is 138 g/mol. The Kier molecular flexibility index (Phi) is 2.87. The van der Waals surface area contributed by atoms with Gasteiger partial charge in [-0.2, -0.15) is 0 Å². The molecule has 1 atom stereocenters. The maximum absolute atomic E-state index is 3.37. The lowest BCUT2D eigenvalue weighted by Crippen LogP contribution is -2.60. The maximum Gasteiger partial charge on any atom is 0.0705 e. The zero-order valence-electron chi connectivity index (χ0n) is 7.96. The smallest absolute Gasteiger partial charge is 0.0705 e. The van der Waals surface area contributed by atoms with E-state index in [2.05, 4.69) is 43.2 Å². The van der Waals surface area contributed by atoms with Gasteiger partial charge in [0, 0.05) is 26.2 Å². The van der Waals surface area contributed by atoms with Gasteiger partial charge in [-0.25, -0.2) is 10.4 Å². The summed E-state index contributed by atoms with van der Waals surface area (Å²) >= 11 is 0. The fourth-order valence-corrected chi connectivity index (χ4v) is 1.62. The van der Waals surface area contributed by atoms with E-state index in [9.17, 15) is 0 Å². The fourth-order valence-electron chi connectivity index (χ4n) is 1.62. The van der Waals surface area contributed by atoms with Crippen molar-refractivity contribution in [2.75, 3.05) is 20.1 Å². The van der Waals surface area contributed by atoms with E-state index in [4.69, 9.17) is 0 Å². The van der Waals surface area contributed by atoms with Crippen LogP contribution in [0.3, 0.4) is 0 Å². The lowest BCUT2D eigenvalue weighted by molar-refractivity contribution is 0.0119. The average molecular weight is 157 g/mol. The Morgan fingerprint density at radius 1 is 1.36 bits per heavy atom. The maximum atomic E-state index is 3.37. The van der Waals surface area contributed by atoms with Gasteiger partial charge in [-0.05, 0) is 20.8 Å². The third-order valence-corrected chi connectivity index (χ3v) is 2.26. The highest BCUT2D eigenvalue weighted by Crippen LogP contribution is 2.06. The molecule has 1 N–H and O–H groups in total. The quantitative estimate of drug-likeness (QED) is 0.598. The monoisotopic (exact) mass is 157 g/mol. The summed E-state index contributed by atoms with van der Waals surface area (Å²) in [5.41, 5.74) is 3.37. The molecule has 66 valence electrons. The van der Waals surface area contributed by atoms with Gasteiger partial charge in [0.05, 0.1) is 6.17 Å². The minimum atomic E-state index is 0.480. The van der Waals surface area contributed by atoms with Crippen LogP contribution in [0.15, 0.2) is 0 Å². The summed E-state index contributed by atoms with van der Waals surface area (Å²) in [6, 6.07) is 0.645. The highest BCUT2D eigenvalue weighted by molar-refractivity contribution is 4.73. The molecule has 0 radical (unpaired) electrons. The number of rotatable bonds is 1. The molecule has 0 aromatic carbocycles. The fraction of sp³-hybridized carbons (Fsp3) is 1.00. The first kappa shape index (κ1) is 8.97. The molecule has 1 aliphatic rings. The van der Waals surface area contributed by atoms with Crippen LogP contribution in [0.2, 0.25) is 0 Å². The van der Waals surface area contributed by atoms with Crippen molar-refractivity contribution >= 4 is 0 Å². The molecule has 3 nitrogen and oxygen atoms in total. The molecule has 1 aliphatic heterocycles. The molecule has 1 saturated heterocycles. The Labute approximate surface area is 69.3 Å². The van der Waals surface area contributed by atoms with Crippen molar-refractivity contribution in [3.8, 4) is 0 Å². The standard InChI is InChI=1S/C8H19N3/c1-7(2)11-6-5-10(4)9-8(11)3/h7-9H,5-6H2,1-4H3. The van der Waals surface area contributed by atoms with E-state index in [1.165, 1.54) is 6.54 Å². The zero-order chi connectivity index (χ0) is 8.43. The van der Waals surface area contributed by atoms with Crippen LogP contribution in [0.1, 0.15) is 20.8 Å². The molecule has 11 heavy (non-hydrogen) atoms. The second kappa shape index (κ2) is 3.52. The van der Waals surface area contributed by atoms with E-state index >= 15 is 0 Å². The topological polar surface area (TPSA) is 18.5 Å². The molecule has 3 heteroatoms. The average Bonchev–Trinajstić information content (AvgIpc) is 1.85. The van der Waals surface area contributed by atoms with Gasteiger partial charge in [0.25, 0.3) is 0 Å². The molecule has 1 unspecified atom stereocenters. The predicted molar refractivity (Wildman–Crippen MR) is 47.1 cm³/mol. The first-order valence-electron chi connectivity index (χ1n) is 4.34. The van der Waals surface area contributed by atoms with Gasteiger partial charge in [0.1, 0.15) is 0 Å². The summed E-state index contributed by atoms with van der Waals surface area (Å²) in [4.78, 5) is 2.46. The second-order valence-corrected chi connectivity index (χ2v) is 3.56. The van der Waals surface area contributed by atoms with Crippen molar-refractivity contribution in [1.82, 2.24) is 15.3 Å². The van der Waals surface area contributed by atoms with Crippen LogP contribution in [0, 0.1) is 0 Å². The van der Waals surface area contributed by atoms with Gasteiger partial charge in [-0.1, -0.05) is 0 Å². The Hall–Kier alpha value is -0.120. The molecule has 1 fully saturated rings. The normalized spacial score (nSPS) is 29.7. The van der Waals surface area contributed by atoms with Crippen LogP contribution >= 0.6 is 0 Å². The van der Waals surface area contributed by atoms with Gasteiger partial charge >= 0.3 is 0 Å². The van der Waals surface area contributed by atoms with Gasteiger partial charge in [-0.15, -0.1) is 0 Å². The van der Waals surface area contributed by atoms with Crippen molar-refractivity contribution in [1.29, 1.82) is 0 Å². The first-order chi connectivity index (χ1) is 5.11. The summed E-state index contributed by atoms with van der Waals surface area (Å²) in [5.74, 6) is 0. The summed E-state index contributed by atoms with van der Waals surface area (Å²) < 4.78 is 0. The van der Waals surface area contributed by atoms with E-state index in [-0.39, 0.29) is 0 Å². The van der Waals surface area contributed by atoms with Crippen LogP contribution in [0.25, 0.3) is 0 Å². The third kappa shape index (κ3) is 2.15. The van der Waals surface area contributed by atoms with E-state index < -0.39 is 0 Å². The van der Waals surface area contributed by atoms with Crippen molar-refractivity contribution in [3.63, 3.8) is 0 Å². The van der Waals surface area contributed by atoms with Gasteiger partial charge in [0.15, 0.2) is 0 Å². The largest absolute Gasteiger partial charge is 0.283 e. The summed E-state index contributed by atoms with van der Waals surface area (Å²) in [7, 11) is 2.09. The molecule has 0 spiro atoms. The van der Waals surface area contributed by atoms with Crippen LogP contribution in [-0.2, 0) is 0 Å². The summed E-state index contributed by atoms with van der Waals surface area (Å²) in [6.07, 6.45) is 0.480. The number of hydrazine groups is 1. The van der Waals surface area contributed by atoms with Crippen molar-refractivity contribution in [3.05, 3.63) is 0 Å². The number of nitrogens with one attached hydrogen (secondary N) is 1. The van der Waals surface area contributed by atoms with Gasteiger partial charge in [-0.3, -0.25) is 4.90 Å². The Balaban J connectivity index is 2.44. The number of nitrogens with zero attached hydrogens (tertiary/aromatic N) is 2.